The molecule has 0 saturated carbocycles. The quantitative estimate of drug-likeness (QED) is 0.379. The third-order valence-corrected chi connectivity index (χ3v) is 7.81. The Labute approximate surface area is 222 Å². The van der Waals surface area contributed by atoms with Crippen molar-refractivity contribution in [3.8, 4) is 17.3 Å². The molecule has 1 fully saturated rings. The fraction of sp³-hybridized carbons (Fsp3) is 0.308. The second-order valence-corrected chi connectivity index (χ2v) is 9.86. The first-order chi connectivity index (χ1) is 18.4. The lowest BCUT2D eigenvalue weighted by atomic mass is 9.67. The maximum absolute atomic E-state index is 13.0. The molecule has 0 spiro atoms. The van der Waals surface area contributed by atoms with Crippen LogP contribution in [0.4, 0.5) is 10.5 Å². The summed E-state index contributed by atoms with van der Waals surface area (Å²) < 4.78 is 0.940. The minimum Gasteiger partial charge on any atom is -0.480 e. The second-order valence-electron chi connectivity index (χ2n) is 9.00. The lowest BCUT2D eigenvalue weighted by Crippen LogP contribution is -2.71. The van der Waals surface area contributed by atoms with E-state index in [2.05, 4.69) is 32.0 Å². The summed E-state index contributed by atoms with van der Waals surface area (Å²) in [6, 6.07) is 11.0. The van der Waals surface area contributed by atoms with E-state index in [-0.39, 0.29) is 13.0 Å². The summed E-state index contributed by atoms with van der Waals surface area (Å²) in [5.41, 5.74) is 2.85. The molecule has 0 bridgehead atoms. The molecule has 12 heteroatoms. The minimum atomic E-state index is -1.81. The Bertz CT molecular complexity index is 1470. The topological polar surface area (TPSA) is 156 Å². The molecule has 3 aromatic rings. The average Bonchev–Trinajstić information content (AvgIpc) is 3.42. The number of carbonyl (C=O) groups excluding carboxylic acids is 1. The van der Waals surface area contributed by atoms with Gasteiger partial charge in [-0.3, -0.25) is 15.1 Å². The van der Waals surface area contributed by atoms with E-state index in [0.29, 0.717) is 18.8 Å². The molecule has 38 heavy (non-hydrogen) atoms. The van der Waals surface area contributed by atoms with Crippen molar-refractivity contribution >= 4 is 45.5 Å². The van der Waals surface area contributed by atoms with E-state index < -0.39 is 29.1 Å². The van der Waals surface area contributed by atoms with Crippen molar-refractivity contribution in [3.63, 3.8) is 0 Å². The van der Waals surface area contributed by atoms with E-state index in [1.807, 2.05) is 30.3 Å². The fourth-order valence-electron chi connectivity index (χ4n) is 5.16. The van der Waals surface area contributed by atoms with Crippen LogP contribution < -0.4 is 20.9 Å². The number of allylic oxidation sites excluding steroid dienone is 1. The number of aromatic nitrogens is 2. The summed E-state index contributed by atoms with van der Waals surface area (Å²) in [6.45, 7) is 2.62. The highest BCUT2D eigenvalue weighted by atomic mass is 32.1. The Kier molecular flexibility index (Phi) is 6.79. The summed E-state index contributed by atoms with van der Waals surface area (Å²) >= 11 is 1.49. The zero-order valence-corrected chi connectivity index (χ0v) is 21.4. The Morgan fingerprint density at radius 1 is 1.34 bits per heavy atom. The molecule has 2 aromatic heterocycles. The normalized spacial score (nSPS) is 24.6. The van der Waals surface area contributed by atoms with Gasteiger partial charge in [0.2, 0.25) is 5.79 Å². The van der Waals surface area contributed by atoms with Crippen molar-refractivity contribution in [1.29, 1.82) is 5.26 Å². The van der Waals surface area contributed by atoms with Gasteiger partial charge in [0, 0.05) is 43.0 Å². The van der Waals surface area contributed by atoms with Crippen molar-refractivity contribution < 1.29 is 14.7 Å². The van der Waals surface area contributed by atoms with Gasteiger partial charge in [0.25, 0.3) is 0 Å². The van der Waals surface area contributed by atoms with Crippen LogP contribution in [0.5, 0.6) is 0 Å². The number of pyridine rings is 1. The number of aliphatic imine (C=N–C) groups is 1. The van der Waals surface area contributed by atoms with E-state index in [1.165, 1.54) is 17.6 Å². The smallest absolute Gasteiger partial charge is 0.324 e. The number of fused-ring (bicyclic) bond motifs is 1. The van der Waals surface area contributed by atoms with Crippen LogP contribution in [0, 0.1) is 22.7 Å². The predicted molar refractivity (Wildman–Crippen MR) is 145 cm³/mol. The monoisotopic (exact) mass is 530 g/mol. The van der Waals surface area contributed by atoms with Gasteiger partial charge >= 0.3 is 12.0 Å². The summed E-state index contributed by atoms with van der Waals surface area (Å²) in [6.07, 6.45) is 6.72. The first-order valence-electron chi connectivity index (χ1n) is 12.2. The Hall–Kier alpha value is -4.34. The van der Waals surface area contributed by atoms with Crippen molar-refractivity contribution in [1.82, 2.24) is 25.9 Å². The number of hydrogen-bond donors (Lipinski definition) is 4. The van der Waals surface area contributed by atoms with Crippen LogP contribution in [0.25, 0.3) is 21.5 Å². The van der Waals surface area contributed by atoms with Gasteiger partial charge in [-0.2, -0.15) is 5.26 Å². The van der Waals surface area contributed by atoms with Crippen LogP contribution in [0.15, 0.2) is 59.3 Å². The number of nitrogens with one attached hydrogen (secondary N) is 3. The highest BCUT2D eigenvalue weighted by molar-refractivity contribution is 7.17. The minimum absolute atomic E-state index is 0.0553. The predicted octanol–water partition coefficient (Wildman–Crippen LogP) is 2.94. The van der Waals surface area contributed by atoms with Crippen molar-refractivity contribution in [3.05, 3.63) is 54.3 Å². The molecular weight excluding hydrogens is 504 g/mol. The number of rotatable bonds is 6. The molecular formula is C26H26N8O3S. The summed E-state index contributed by atoms with van der Waals surface area (Å²) in [5.74, 6) is -3.85. The molecule has 1 saturated heterocycles. The fourth-order valence-corrected chi connectivity index (χ4v) is 5.95. The lowest BCUT2D eigenvalue weighted by molar-refractivity contribution is -0.152. The molecule has 194 valence electrons. The van der Waals surface area contributed by atoms with E-state index in [1.54, 1.807) is 35.8 Å². The summed E-state index contributed by atoms with van der Waals surface area (Å²) in [4.78, 5) is 41.2. The average molecular weight is 531 g/mol. The number of carboxylic acid groups (broad SMARTS) is 1. The van der Waals surface area contributed by atoms with Gasteiger partial charge in [-0.05, 0) is 50.2 Å². The van der Waals surface area contributed by atoms with Gasteiger partial charge in [-0.25, -0.2) is 14.8 Å². The molecule has 0 aliphatic carbocycles. The number of aliphatic carboxylic acids is 1. The van der Waals surface area contributed by atoms with Gasteiger partial charge in [0.05, 0.1) is 33.4 Å². The van der Waals surface area contributed by atoms with Crippen molar-refractivity contribution in [2.75, 3.05) is 24.5 Å². The van der Waals surface area contributed by atoms with Gasteiger partial charge in [0.1, 0.15) is 0 Å². The summed E-state index contributed by atoms with van der Waals surface area (Å²) in [7, 11) is 0. The van der Waals surface area contributed by atoms with Crippen LogP contribution in [-0.4, -0.2) is 58.7 Å². The highest BCUT2D eigenvalue weighted by Gasteiger charge is 2.60. The Morgan fingerprint density at radius 2 is 2.21 bits per heavy atom. The number of anilines is 1. The zero-order chi connectivity index (χ0) is 26.8. The number of benzene rings is 1. The molecule has 0 radical (unpaired) electrons. The van der Waals surface area contributed by atoms with E-state index in [4.69, 9.17) is 4.99 Å². The Balaban J connectivity index is 1.73. The molecule has 1 aromatic carbocycles. The SMILES string of the molecule is CCNC(=O)NC1(C2CNCCC2(C#N)C(=O)O)N=CC=CN1c1cc(-c2ccccn2)c2scnc2c1. The van der Waals surface area contributed by atoms with Crippen LogP contribution in [0.2, 0.25) is 0 Å². The molecule has 2 aliphatic heterocycles. The second kappa shape index (κ2) is 10.2. The number of hydrogen-bond acceptors (Lipinski definition) is 9. The van der Waals surface area contributed by atoms with Crippen molar-refractivity contribution in [2.24, 2.45) is 16.3 Å². The first-order valence-corrected chi connectivity index (χ1v) is 13.0. The molecule has 2 amide bonds. The molecule has 3 atom stereocenters. The molecule has 5 rings (SSSR count). The van der Waals surface area contributed by atoms with Gasteiger partial charge in [-0.1, -0.05) is 6.07 Å². The highest BCUT2D eigenvalue weighted by Crippen LogP contribution is 2.46. The molecule has 11 nitrogen and oxygen atoms in total. The van der Waals surface area contributed by atoms with Crippen LogP contribution >= 0.6 is 11.3 Å². The van der Waals surface area contributed by atoms with E-state index in [9.17, 15) is 20.0 Å². The van der Waals surface area contributed by atoms with Crippen LogP contribution in [-0.2, 0) is 4.79 Å². The number of piperidine rings is 1. The third-order valence-electron chi connectivity index (χ3n) is 6.94. The number of amides is 2. The van der Waals surface area contributed by atoms with Crippen LogP contribution in [0.3, 0.4) is 0 Å². The molecule has 3 unspecified atom stereocenters. The van der Waals surface area contributed by atoms with Gasteiger partial charge in [0.15, 0.2) is 5.41 Å². The van der Waals surface area contributed by atoms with Gasteiger partial charge < -0.3 is 20.6 Å². The third kappa shape index (κ3) is 4.15. The van der Waals surface area contributed by atoms with Crippen LogP contribution in [0.1, 0.15) is 13.3 Å². The number of thiazole rings is 1. The molecule has 4 heterocycles. The number of nitrogens with zero attached hydrogens (tertiary/aromatic N) is 5. The zero-order valence-electron chi connectivity index (χ0n) is 20.6. The summed E-state index contributed by atoms with van der Waals surface area (Å²) in [5, 5.41) is 29.4. The first kappa shape index (κ1) is 25.3. The maximum atomic E-state index is 13.0. The van der Waals surface area contributed by atoms with E-state index in [0.717, 1.165) is 21.5 Å². The largest absolute Gasteiger partial charge is 0.480 e. The van der Waals surface area contributed by atoms with Crippen molar-refractivity contribution in [2.45, 2.75) is 19.1 Å². The maximum Gasteiger partial charge on any atom is 0.324 e. The lowest BCUT2D eigenvalue weighted by Gasteiger charge is -2.51. The number of urea groups is 1. The molecule has 4 N–H and O–H groups in total. The van der Waals surface area contributed by atoms with Gasteiger partial charge in [-0.15, -0.1) is 11.3 Å². The Morgan fingerprint density at radius 3 is 2.95 bits per heavy atom. The number of nitriles is 1. The standard InChI is InChI=1S/C26H26N8O3S/c1-2-29-24(37)33-26(21-14-28-10-7-25(21,15-27)23(35)36)32-9-5-11-34(26)17-12-18(19-6-3-4-8-30-19)22-20(13-17)31-16-38-22/h3-6,8-9,11-13,16,21,28H,2,7,10,14H2,1H3,(H,35,36)(H2,29,33,37). The van der Waals surface area contributed by atoms with E-state index >= 15 is 0 Å². The molecule has 2 aliphatic rings. The number of carboxylic acids is 1. The number of carbonyl (C=O) groups is 2.